The Balaban J connectivity index is 1.95. The molecule has 1 aromatic rings. The van der Waals surface area contributed by atoms with E-state index >= 15 is 0 Å². The largest absolute Gasteiger partial charge is 0.481 e. The first-order valence-electron chi connectivity index (χ1n) is 6.63. The van der Waals surface area contributed by atoms with Gasteiger partial charge in [0.05, 0.1) is 12.8 Å². The van der Waals surface area contributed by atoms with Crippen molar-refractivity contribution in [1.29, 1.82) is 0 Å². The minimum Gasteiger partial charge on any atom is -0.481 e. The highest BCUT2D eigenvalue weighted by Crippen LogP contribution is 2.27. The highest BCUT2D eigenvalue weighted by atomic mass is 16.4. The third-order valence-electron chi connectivity index (χ3n) is 3.35. The number of nitrogens with zero attached hydrogens (tertiary/aromatic N) is 1. The maximum atomic E-state index is 12.2. The molecule has 1 saturated carbocycles. The van der Waals surface area contributed by atoms with Gasteiger partial charge in [-0.2, -0.15) is 0 Å². The molecule has 1 aliphatic rings. The van der Waals surface area contributed by atoms with Crippen LogP contribution in [0.2, 0.25) is 0 Å². The zero-order valence-corrected chi connectivity index (χ0v) is 11.1. The molecule has 102 valence electrons. The van der Waals surface area contributed by atoms with Crippen LogP contribution in [0.4, 0.5) is 0 Å². The average molecular weight is 261 g/mol. The van der Waals surface area contributed by atoms with Gasteiger partial charge < -0.3 is 10.0 Å². The van der Waals surface area contributed by atoms with E-state index in [0.29, 0.717) is 13.0 Å². The van der Waals surface area contributed by atoms with Crippen LogP contribution >= 0.6 is 0 Å². The first-order chi connectivity index (χ1) is 9.06. The zero-order valence-electron chi connectivity index (χ0n) is 11.1. The van der Waals surface area contributed by atoms with Crippen molar-refractivity contribution in [3.8, 4) is 0 Å². The quantitative estimate of drug-likeness (QED) is 0.852. The standard InChI is InChI=1S/C15H19NO3/c1-11-2-4-12(5-3-11)10-14(17)16(13-6-7-13)9-8-15(18)19/h2-5,13H,6-10H2,1H3,(H,18,19). The fraction of sp³-hybridized carbons (Fsp3) is 0.467. The van der Waals surface area contributed by atoms with Gasteiger partial charge in [-0.15, -0.1) is 0 Å². The molecule has 0 unspecified atom stereocenters. The summed E-state index contributed by atoms with van der Waals surface area (Å²) in [5, 5.41) is 8.73. The van der Waals surface area contributed by atoms with Crippen LogP contribution in [0, 0.1) is 6.92 Å². The number of carbonyl (C=O) groups is 2. The molecule has 4 heteroatoms. The smallest absolute Gasteiger partial charge is 0.305 e. The van der Waals surface area contributed by atoms with E-state index in [4.69, 9.17) is 5.11 Å². The van der Waals surface area contributed by atoms with Crippen LogP contribution in [0.1, 0.15) is 30.4 Å². The predicted octanol–water partition coefficient (Wildman–Crippen LogP) is 2.00. The Bertz CT molecular complexity index is 463. The Kier molecular flexibility index (Phi) is 4.20. The van der Waals surface area contributed by atoms with Crippen molar-refractivity contribution in [2.45, 2.75) is 38.6 Å². The summed E-state index contributed by atoms with van der Waals surface area (Å²) in [6, 6.07) is 8.14. The summed E-state index contributed by atoms with van der Waals surface area (Å²) in [4.78, 5) is 24.6. The average Bonchev–Trinajstić information content (AvgIpc) is 3.16. The lowest BCUT2D eigenvalue weighted by Crippen LogP contribution is -2.36. The number of benzene rings is 1. The summed E-state index contributed by atoms with van der Waals surface area (Å²) in [5.74, 6) is -0.818. The van der Waals surface area contributed by atoms with E-state index in [9.17, 15) is 9.59 Å². The predicted molar refractivity (Wildman–Crippen MR) is 71.9 cm³/mol. The second-order valence-electron chi connectivity index (χ2n) is 5.12. The van der Waals surface area contributed by atoms with E-state index in [1.165, 1.54) is 5.56 Å². The van der Waals surface area contributed by atoms with E-state index in [-0.39, 0.29) is 18.4 Å². The molecule has 1 N–H and O–H groups in total. The molecule has 0 aliphatic heterocycles. The molecular weight excluding hydrogens is 242 g/mol. The maximum absolute atomic E-state index is 12.2. The monoisotopic (exact) mass is 261 g/mol. The molecule has 4 nitrogen and oxygen atoms in total. The van der Waals surface area contributed by atoms with Gasteiger partial charge in [0.15, 0.2) is 0 Å². The zero-order chi connectivity index (χ0) is 13.8. The second-order valence-corrected chi connectivity index (χ2v) is 5.12. The lowest BCUT2D eigenvalue weighted by Gasteiger charge is -2.21. The van der Waals surface area contributed by atoms with E-state index in [1.807, 2.05) is 31.2 Å². The number of aryl methyl sites for hydroxylation is 1. The molecule has 2 rings (SSSR count). The summed E-state index contributed by atoms with van der Waals surface area (Å²) in [5.41, 5.74) is 2.15. The van der Waals surface area contributed by atoms with Crippen molar-refractivity contribution in [1.82, 2.24) is 4.90 Å². The van der Waals surface area contributed by atoms with E-state index in [2.05, 4.69) is 0 Å². The Morgan fingerprint density at radius 1 is 1.26 bits per heavy atom. The molecule has 0 spiro atoms. The molecule has 1 aromatic carbocycles. The van der Waals surface area contributed by atoms with Crippen LogP contribution in [0.25, 0.3) is 0 Å². The minimum atomic E-state index is -0.853. The van der Waals surface area contributed by atoms with Crippen molar-refractivity contribution in [2.75, 3.05) is 6.54 Å². The minimum absolute atomic E-state index is 0.0239. The Morgan fingerprint density at radius 2 is 1.89 bits per heavy atom. The van der Waals surface area contributed by atoms with Gasteiger partial charge in [0.1, 0.15) is 0 Å². The van der Waals surface area contributed by atoms with Gasteiger partial charge in [0, 0.05) is 12.6 Å². The van der Waals surface area contributed by atoms with Gasteiger partial charge in [0.25, 0.3) is 0 Å². The summed E-state index contributed by atoms with van der Waals surface area (Å²) in [6.45, 7) is 2.33. The fourth-order valence-corrected chi connectivity index (χ4v) is 2.10. The highest BCUT2D eigenvalue weighted by molar-refractivity contribution is 5.80. The summed E-state index contributed by atoms with van der Waals surface area (Å²) < 4.78 is 0. The number of hydrogen-bond acceptors (Lipinski definition) is 2. The van der Waals surface area contributed by atoms with Crippen molar-refractivity contribution in [2.24, 2.45) is 0 Å². The summed E-state index contributed by atoms with van der Waals surface area (Å²) in [6.07, 6.45) is 2.38. The van der Waals surface area contributed by atoms with Crippen LogP contribution in [-0.4, -0.2) is 34.5 Å². The summed E-state index contributed by atoms with van der Waals surface area (Å²) >= 11 is 0. The first kappa shape index (κ1) is 13.6. The number of carboxylic acid groups (broad SMARTS) is 1. The molecule has 19 heavy (non-hydrogen) atoms. The normalized spacial score (nSPS) is 14.2. The van der Waals surface area contributed by atoms with E-state index < -0.39 is 5.97 Å². The summed E-state index contributed by atoms with van der Waals surface area (Å²) in [7, 11) is 0. The fourth-order valence-electron chi connectivity index (χ4n) is 2.10. The molecule has 0 saturated heterocycles. The first-order valence-corrected chi connectivity index (χ1v) is 6.63. The molecule has 0 bridgehead atoms. The van der Waals surface area contributed by atoms with Gasteiger partial charge in [0.2, 0.25) is 5.91 Å². The van der Waals surface area contributed by atoms with Gasteiger partial charge in [-0.1, -0.05) is 29.8 Å². The SMILES string of the molecule is Cc1ccc(CC(=O)N(CCC(=O)O)C2CC2)cc1. The van der Waals surface area contributed by atoms with Crippen LogP contribution < -0.4 is 0 Å². The van der Waals surface area contributed by atoms with E-state index in [1.54, 1.807) is 4.90 Å². The van der Waals surface area contributed by atoms with E-state index in [0.717, 1.165) is 18.4 Å². The number of carboxylic acids is 1. The van der Waals surface area contributed by atoms with Crippen molar-refractivity contribution >= 4 is 11.9 Å². The second kappa shape index (κ2) is 5.87. The van der Waals surface area contributed by atoms with Crippen molar-refractivity contribution < 1.29 is 14.7 Å². The van der Waals surface area contributed by atoms with Gasteiger partial charge >= 0.3 is 5.97 Å². The topological polar surface area (TPSA) is 57.6 Å². The Labute approximate surface area is 113 Å². The lowest BCUT2D eigenvalue weighted by atomic mass is 10.1. The maximum Gasteiger partial charge on any atom is 0.305 e. The number of hydrogen-bond donors (Lipinski definition) is 1. The third kappa shape index (κ3) is 4.09. The molecular formula is C15H19NO3. The number of amides is 1. The Morgan fingerprint density at radius 3 is 2.42 bits per heavy atom. The highest BCUT2D eigenvalue weighted by Gasteiger charge is 2.32. The van der Waals surface area contributed by atoms with Crippen LogP contribution in [-0.2, 0) is 16.0 Å². The molecule has 0 radical (unpaired) electrons. The third-order valence-corrected chi connectivity index (χ3v) is 3.35. The number of aliphatic carboxylic acids is 1. The molecule has 0 aromatic heterocycles. The molecule has 1 fully saturated rings. The van der Waals surface area contributed by atoms with Crippen LogP contribution in [0.3, 0.4) is 0 Å². The number of rotatable bonds is 6. The van der Waals surface area contributed by atoms with Gasteiger partial charge in [-0.3, -0.25) is 9.59 Å². The molecule has 1 aliphatic carbocycles. The van der Waals surface area contributed by atoms with Crippen molar-refractivity contribution in [3.05, 3.63) is 35.4 Å². The lowest BCUT2D eigenvalue weighted by molar-refractivity contribution is -0.138. The van der Waals surface area contributed by atoms with Crippen LogP contribution in [0.15, 0.2) is 24.3 Å². The van der Waals surface area contributed by atoms with Gasteiger partial charge in [-0.05, 0) is 25.3 Å². The molecule has 0 atom stereocenters. The van der Waals surface area contributed by atoms with Crippen LogP contribution in [0.5, 0.6) is 0 Å². The van der Waals surface area contributed by atoms with Gasteiger partial charge in [-0.25, -0.2) is 0 Å². The Hall–Kier alpha value is -1.84. The van der Waals surface area contributed by atoms with Crippen molar-refractivity contribution in [3.63, 3.8) is 0 Å². The molecule has 1 amide bonds. The molecule has 0 heterocycles. The number of carbonyl (C=O) groups excluding carboxylic acids is 1.